The van der Waals surface area contributed by atoms with Gasteiger partial charge in [-0.05, 0) is 79.4 Å². The van der Waals surface area contributed by atoms with E-state index in [1.807, 2.05) is 57.2 Å². The van der Waals surface area contributed by atoms with Gasteiger partial charge in [0, 0.05) is 5.69 Å². The Bertz CT molecular complexity index is 1420. The Morgan fingerprint density at radius 1 is 0.903 bits per heavy atom. The Kier molecular flexibility index (Phi) is 4.22. The van der Waals surface area contributed by atoms with E-state index in [1.54, 1.807) is 29.2 Å². The minimum absolute atomic E-state index is 0.0698. The predicted molar refractivity (Wildman–Crippen MR) is 120 cm³/mol. The van der Waals surface area contributed by atoms with E-state index in [2.05, 4.69) is 0 Å². The summed E-state index contributed by atoms with van der Waals surface area (Å²) in [6.45, 7) is 5.85. The molecule has 5 rings (SSSR count). The van der Waals surface area contributed by atoms with Crippen molar-refractivity contribution < 1.29 is 14.3 Å². The zero-order chi connectivity index (χ0) is 21.9. The van der Waals surface area contributed by atoms with Crippen LogP contribution in [-0.4, -0.2) is 11.0 Å². The topological polar surface area (TPSA) is 70.8 Å². The number of carbonyl (C=O) groups excluding carboxylic acids is 1. The molecular formula is C26H21NO4. The summed E-state index contributed by atoms with van der Waals surface area (Å²) in [6.07, 6.45) is 0. The number of nitrogens with zero attached hydrogens (tertiary/aromatic N) is 1. The van der Waals surface area contributed by atoms with Gasteiger partial charge in [-0.3, -0.25) is 14.5 Å². The zero-order valence-electron chi connectivity index (χ0n) is 17.5. The highest BCUT2D eigenvalue weighted by Crippen LogP contribution is 2.41. The number of fused-ring (bicyclic) bond motifs is 2. The van der Waals surface area contributed by atoms with E-state index in [1.165, 1.54) is 0 Å². The first-order chi connectivity index (χ1) is 14.8. The number of aromatic hydroxyl groups is 1. The predicted octanol–water partition coefficient (Wildman–Crippen LogP) is 5.17. The average Bonchev–Trinajstić information content (AvgIpc) is 3.03. The van der Waals surface area contributed by atoms with Crippen LogP contribution in [0.4, 0.5) is 5.69 Å². The molecule has 0 fully saturated rings. The van der Waals surface area contributed by atoms with Gasteiger partial charge in [-0.2, -0.15) is 0 Å². The van der Waals surface area contributed by atoms with Gasteiger partial charge in [0.1, 0.15) is 11.3 Å². The Hall–Kier alpha value is -3.86. The van der Waals surface area contributed by atoms with Gasteiger partial charge in [-0.15, -0.1) is 0 Å². The van der Waals surface area contributed by atoms with Gasteiger partial charge in [-0.1, -0.05) is 24.3 Å². The van der Waals surface area contributed by atoms with Crippen molar-refractivity contribution in [2.45, 2.75) is 26.8 Å². The number of amides is 1. The minimum atomic E-state index is -0.646. The number of hydrogen-bond acceptors (Lipinski definition) is 4. The van der Waals surface area contributed by atoms with Crippen molar-refractivity contribution >= 4 is 22.6 Å². The molecule has 0 saturated carbocycles. The smallest absolute Gasteiger partial charge is 0.295 e. The van der Waals surface area contributed by atoms with E-state index >= 15 is 0 Å². The van der Waals surface area contributed by atoms with Crippen molar-refractivity contribution in [3.8, 4) is 5.75 Å². The molecule has 1 unspecified atom stereocenters. The van der Waals surface area contributed by atoms with E-state index in [0.29, 0.717) is 22.2 Å². The van der Waals surface area contributed by atoms with E-state index in [0.717, 1.165) is 22.3 Å². The van der Waals surface area contributed by atoms with Crippen LogP contribution >= 0.6 is 0 Å². The van der Waals surface area contributed by atoms with Crippen LogP contribution < -0.4 is 10.3 Å². The molecule has 0 radical (unpaired) electrons. The monoisotopic (exact) mass is 411 g/mol. The third kappa shape index (κ3) is 2.93. The van der Waals surface area contributed by atoms with Crippen LogP contribution in [0.5, 0.6) is 5.75 Å². The number of rotatable bonds is 2. The molecule has 3 aromatic carbocycles. The lowest BCUT2D eigenvalue weighted by molar-refractivity contribution is 0.0971. The summed E-state index contributed by atoms with van der Waals surface area (Å²) < 4.78 is 6.05. The fraction of sp³-hybridized carbons (Fsp3) is 0.154. The van der Waals surface area contributed by atoms with Crippen molar-refractivity contribution in [3.63, 3.8) is 0 Å². The van der Waals surface area contributed by atoms with Gasteiger partial charge in [-0.25, -0.2) is 0 Å². The van der Waals surface area contributed by atoms with Crippen LogP contribution in [0.1, 0.15) is 44.4 Å². The highest BCUT2D eigenvalue weighted by molar-refractivity contribution is 6.10. The summed E-state index contributed by atoms with van der Waals surface area (Å²) in [5, 5.41) is 10.2. The van der Waals surface area contributed by atoms with Crippen molar-refractivity contribution in [1.29, 1.82) is 0 Å². The fourth-order valence-electron chi connectivity index (χ4n) is 4.24. The number of carbonyl (C=O) groups is 1. The highest BCUT2D eigenvalue weighted by Gasteiger charge is 2.43. The molecule has 2 heterocycles. The van der Waals surface area contributed by atoms with E-state index in [4.69, 9.17) is 4.42 Å². The molecule has 4 aromatic rings. The third-order valence-corrected chi connectivity index (χ3v) is 5.98. The summed E-state index contributed by atoms with van der Waals surface area (Å²) in [4.78, 5) is 28.8. The van der Waals surface area contributed by atoms with Gasteiger partial charge in [0.25, 0.3) is 5.91 Å². The zero-order valence-corrected chi connectivity index (χ0v) is 17.5. The SMILES string of the molecule is Cc1cccc(N2C(=O)c3oc4cc(C)c(C)cc4c(=O)c3C2c2ccc(O)cc2)c1. The molecule has 1 aliphatic heterocycles. The second kappa shape index (κ2) is 6.84. The summed E-state index contributed by atoms with van der Waals surface area (Å²) in [6, 6.07) is 17.2. The molecule has 1 aliphatic rings. The van der Waals surface area contributed by atoms with Crippen molar-refractivity contribution in [1.82, 2.24) is 0 Å². The molecule has 0 spiro atoms. The van der Waals surface area contributed by atoms with Crippen molar-refractivity contribution in [3.05, 3.63) is 104 Å². The number of phenols is 1. The van der Waals surface area contributed by atoms with Crippen LogP contribution in [0.25, 0.3) is 11.0 Å². The molecule has 1 atom stereocenters. The van der Waals surface area contributed by atoms with Crippen LogP contribution in [0.2, 0.25) is 0 Å². The van der Waals surface area contributed by atoms with Crippen LogP contribution in [0.3, 0.4) is 0 Å². The first kappa shape index (κ1) is 19.1. The molecule has 0 aliphatic carbocycles. The van der Waals surface area contributed by atoms with Crippen molar-refractivity contribution in [2.24, 2.45) is 0 Å². The molecular weight excluding hydrogens is 390 g/mol. The van der Waals surface area contributed by atoms with Gasteiger partial charge in [0.05, 0.1) is 17.0 Å². The van der Waals surface area contributed by atoms with E-state index in [-0.39, 0.29) is 22.8 Å². The Labute approximate surface area is 179 Å². The number of anilines is 1. The standard InChI is InChI=1S/C26H21NO4/c1-14-5-4-6-18(11-14)27-23(17-7-9-19(28)10-8-17)22-24(29)20-12-15(2)16(3)13-21(20)31-25(22)26(27)30/h4-13,23,28H,1-3H3. The van der Waals surface area contributed by atoms with Crippen molar-refractivity contribution in [2.75, 3.05) is 4.90 Å². The maximum atomic E-state index is 13.6. The Morgan fingerprint density at radius 3 is 2.32 bits per heavy atom. The Balaban J connectivity index is 1.83. The minimum Gasteiger partial charge on any atom is -0.508 e. The lowest BCUT2D eigenvalue weighted by Gasteiger charge is -2.25. The first-order valence-corrected chi connectivity index (χ1v) is 10.1. The first-order valence-electron chi connectivity index (χ1n) is 10.1. The van der Waals surface area contributed by atoms with Gasteiger partial charge in [0.2, 0.25) is 5.76 Å². The van der Waals surface area contributed by atoms with Crippen LogP contribution in [0, 0.1) is 20.8 Å². The molecule has 1 aromatic heterocycles. The average molecular weight is 411 g/mol. The number of aryl methyl sites for hydroxylation is 3. The van der Waals surface area contributed by atoms with E-state index in [9.17, 15) is 14.7 Å². The molecule has 0 bridgehead atoms. The summed E-state index contributed by atoms with van der Waals surface area (Å²) in [7, 11) is 0. The second-order valence-electron chi connectivity index (χ2n) is 8.11. The summed E-state index contributed by atoms with van der Waals surface area (Å²) in [5.74, 6) is -0.164. The number of hydrogen-bond donors (Lipinski definition) is 1. The number of phenolic OH excluding ortho intramolecular Hbond substituents is 1. The van der Waals surface area contributed by atoms with Gasteiger partial charge >= 0.3 is 0 Å². The maximum Gasteiger partial charge on any atom is 0.295 e. The molecule has 5 nitrogen and oxygen atoms in total. The van der Waals surface area contributed by atoms with Crippen LogP contribution in [0.15, 0.2) is 69.9 Å². The lowest BCUT2D eigenvalue weighted by Crippen LogP contribution is -2.29. The highest BCUT2D eigenvalue weighted by atomic mass is 16.3. The van der Waals surface area contributed by atoms with E-state index < -0.39 is 6.04 Å². The number of benzene rings is 3. The second-order valence-corrected chi connectivity index (χ2v) is 8.11. The molecule has 1 amide bonds. The fourth-order valence-corrected chi connectivity index (χ4v) is 4.24. The molecule has 0 saturated heterocycles. The third-order valence-electron chi connectivity index (χ3n) is 5.98. The molecule has 31 heavy (non-hydrogen) atoms. The quantitative estimate of drug-likeness (QED) is 0.494. The normalized spacial score (nSPS) is 15.5. The summed E-state index contributed by atoms with van der Waals surface area (Å²) >= 11 is 0. The van der Waals surface area contributed by atoms with Crippen LogP contribution in [-0.2, 0) is 0 Å². The molecule has 5 heteroatoms. The van der Waals surface area contributed by atoms with Gasteiger partial charge < -0.3 is 9.52 Å². The maximum absolute atomic E-state index is 13.6. The Morgan fingerprint density at radius 2 is 1.61 bits per heavy atom. The molecule has 154 valence electrons. The van der Waals surface area contributed by atoms with Gasteiger partial charge in [0.15, 0.2) is 5.43 Å². The molecule has 1 N–H and O–H groups in total. The summed E-state index contributed by atoms with van der Waals surface area (Å²) in [5.41, 5.74) is 4.92. The largest absolute Gasteiger partial charge is 0.508 e. The lowest BCUT2D eigenvalue weighted by atomic mass is 9.97.